The molecule has 1 aliphatic rings. The van der Waals surface area contributed by atoms with Crippen molar-refractivity contribution in [2.75, 3.05) is 26.2 Å². The fourth-order valence-corrected chi connectivity index (χ4v) is 2.68. The number of quaternary nitrogens is 1. The van der Waals surface area contributed by atoms with Gasteiger partial charge < -0.3 is 4.90 Å². The molecule has 1 aliphatic heterocycles. The summed E-state index contributed by atoms with van der Waals surface area (Å²) in [5, 5.41) is 6.77. The molecule has 21 heavy (non-hydrogen) atoms. The Morgan fingerprint density at radius 1 is 0.905 bits per heavy atom. The summed E-state index contributed by atoms with van der Waals surface area (Å²) in [4.78, 5) is 1.65. The average Bonchev–Trinajstić information content (AvgIpc) is 2.56. The predicted octanol–water partition coefficient (Wildman–Crippen LogP) is 1.42. The van der Waals surface area contributed by atoms with Crippen molar-refractivity contribution in [3.63, 3.8) is 0 Å². The Morgan fingerprint density at radius 3 is 2.19 bits per heavy atom. The van der Waals surface area contributed by atoms with E-state index in [2.05, 4.69) is 52.6 Å². The number of piperazine rings is 1. The van der Waals surface area contributed by atoms with E-state index < -0.39 is 0 Å². The third kappa shape index (κ3) is 4.17. The van der Waals surface area contributed by atoms with Crippen LogP contribution in [0.3, 0.4) is 0 Å². The fourth-order valence-electron chi connectivity index (χ4n) is 2.68. The summed E-state index contributed by atoms with van der Waals surface area (Å²) in [5.41, 5.74) is 2.59. The van der Waals surface area contributed by atoms with Crippen LogP contribution in [0.1, 0.15) is 11.1 Å². The number of rotatable bonds is 4. The SMILES string of the molecule is C(=N/N1CC[NH+](Cc2ccccc2)CC1)/c1ccccc1. The standard InChI is InChI=1S/C18H21N3/c1-3-7-17(8-4-1)15-19-21-13-11-20(12-14-21)16-18-9-5-2-6-10-18/h1-10,15H,11-14,16H2/p+1/b19-15-. The molecule has 1 heterocycles. The second kappa shape index (κ2) is 7.04. The first kappa shape index (κ1) is 13.8. The van der Waals surface area contributed by atoms with Gasteiger partial charge in [0.05, 0.1) is 32.4 Å². The fraction of sp³-hybridized carbons (Fsp3) is 0.278. The van der Waals surface area contributed by atoms with E-state index in [0.29, 0.717) is 0 Å². The van der Waals surface area contributed by atoms with Gasteiger partial charge >= 0.3 is 0 Å². The molecular weight excluding hydrogens is 258 g/mol. The monoisotopic (exact) mass is 280 g/mol. The molecule has 1 N–H and O–H groups in total. The van der Waals surface area contributed by atoms with Crippen LogP contribution in [-0.4, -0.2) is 37.4 Å². The normalized spacial score (nSPS) is 16.5. The molecule has 2 aromatic carbocycles. The molecule has 0 aliphatic carbocycles. The largest absolute Gasteiger partial charge is 0.328 e. The number of hydrazone groups is 1. The molecule has 3 nitrogen and oxygen atoms in total. The number of benzene rings is 2. The maximum Gasteiger partial charge on any atom is 0.103 e. The Labute approximate surface area is 126 Å². The first-order valence-corrected chi connectivity index (χ1v) is 7.61. The van der Waals surface area contributed by atoms with Gasteiger partial charge in [-0.2, -0.15) is 5.10 Å². The van der Waals surface area contributed by atoms with Crippen molar-refractivity contribution in [1.29, 1.82) is 0 Å². The third-order valence-corrected chi connectivity index (χ3v) is 3.91. The molecule has 2 aromatic rings. The van der Waals surface area contributed by atoms with Gasteiger partial charge in [0.2, 0.25) is 0 Å². The minimum absolute atomic E-state index is 1.03. The van der Waals surface area contributed by atoms with Crippen LogP contribution in [-0.2, 0) is 6.54 Å². The lowest BCUT2D eigenvalue weighted by atomic mass is 10.2. The van der Waals surface area contributed by atoms with Crippen LogP contribution in [0, 0.1) is 0 Å². The van der Waals surface area contributed by atoms with Gasteiger partial charge in [0, 0.05) is 5.56 Å². The quantitative estimate of drug-likeness (QED) is 0.840. The summed E-state index contributed by atoms with van der Waals surface area (Å²) in [6.45, 7) is 5.50. The van der Waals surface area contributed by atoms with Gasteiger partial charge in [-0.1, -0.05) is 60.7 Å². The molecule has 0 aromatic heterocycles. The summed E-state index contributed by atoms with van der Waals surface area (Å²) < 4.78 is 0. The molecule has 108 valence electrons. The minimum atomic E-state index is 1.03. The summed E-state index contributed by atoms with van der Waals surface area (Å²) >= 11 is 0. The predicted molar refractivity (Wildman–Crippen MR) is 86.5 cm³/mol. The van der Waals surface area contributed by atoms with E-state index in [1.165, 1.54) is 5.56 Å². The molecule has 1 saturated heterocycles. The van der Waals surface area contributed by atoms with Crippen molar-refractivity contribution in [3.05, 3.63) is 71.8 Å². The minimum Gasteiger partial charge on any atom is -0.328 e. The van der Waals surface area contributed by atoms with Gasteiger partial charge in [0.1, 0.15) is 6.54 Å². The average molecular weight is 280 g/mol. The van der Waals surface area contributed by atoms with Crippen molar-refractivity contribution in [2.45, 2.75) is 6.54 Å². The zero-order valence-electron chi connectivity index (χ0n) is 12.3. The maximum atomic E-state index is 4.59. The molecule has 3 rings (SSSR count). The van der Waals surface area contributed by atoms with Crippen molar-refractivity contribution in [1.82, 2.24) is 5.01 Å². The van der Waals surface area contributed by atoms with E-state index in [0.717, 1.165) is 38.3 Å². The Kier molecular flexibility index (Phi) is 4.64. The summed E-state index contributed by atoms with van der Waals surface area (Å²) in [7, 11) is 0. The van der Waals surface area contributed by atoms with Crippen LogP contribution in [0.2, 0.25) is 0 Å². The summed E-state index contributed by atoms with van der Waals surface area (Å²) in [6.07, 6.45) is 1.96. The lowest BCUT2D eigenvalue weighted by Gasteiger charge is -2.30. The van der Waals surface area contributed by atoms with Gasteiger partial charge in [-0.15, -0.1) is 0 Å². The number of hydrogen-bond donors (Lipinski definition) is 1. The Hall–Kier alpha value is -2.13. The first-order valence-electron chi connectivity index (χ1n) is 7.61. The maximum absolute atomic E-state index is 4.59. The van der Waals surface area contributed by atoms with Crippen LogP contribution < -0.4 is 4.90 Å². The van der Waals surface area contributed by atoms with E-state index in [4.69, 9.17) is 0 Å². The van der Waals surface area contributed by atoms with Gasteiger partial charge in [-0.25, -0.2) is 0 Å². The number of nitrogens with one attached hydrogen (secondary N) is 1. The van der Waals surface area contributed by atoms with E-state index in [-0.39, 0.29) is 0 Å². The third-order valence-electron chi connectivity index (χ3n) is 3.91. The smallest absolute Gasteiger partial charge is 0.103 e. The second-order valence-corrected chi connectivity index (χ2v) is 5.52. The van der Waals surface area contributed by atoms with Gasteiger partial charge in [-0.05, 0) is 5.56 Å². The molecule has 0 saturated carbocycles. The van der Waals surface area contributed by atoms with Crippen LogP contribution in [0.15, 0.2) is 65.8 Å². The molecule has 0 unspecified atom stereocenters. The molecule has 0 spiro atoms. The molecule has 1 fully saturated rings. The van der Waals surface area contributed by atoms with Crippen LogP contribution in [0.4, 0.5) is 0 Å². The number of nitrogens with zero attached hydrogens (tertiary/aromatic N) is 2. The van der Waals surface area contributed by atoms with Crippen LogP contribution in [0.5, 0.6) is 0 Å². The van der Waals surface area contributed by atoms with Gasteiger partial charge in [-0.3, -0.25) is 5.01 Å². The van der Waals surface area contributed by atoms with Crippen molar-refractivity contribution >= 4 is 6.21 Å². The van der Waals surface area contributed by atoms with Crippen molar-refractivity contribution in [3.8, 4) is 0 Å². The lowest BCUT2D eigenvalue weighted by molar-refractivity contribution is -0.918. The highest BCUT2D eigenvalue weighted by molar-refractivity contribution is 5.79. The molecule has 3 heteroatoms. The summed E-state index contributed by atoms with van der Waals surface area (Å²) in [5.74, 6) is 0. The van der Waals surface area contributed by atoms with E-state index in [1.54, 1.807) is 4.90 Å². The van der Waals surface area contributed by atoms with Gasteiger partial charge in [0.25, 0.3) is 0 Å². The highest BCUT2D eigenvalue weighted by atomic mass is 15.5. The highest BCUT2D eigenvalue weighted by Crippen LogP contribution is 1.98. The van der Waals surface area contributed by atoms with Crippen LogP contribution >= 0.6 is 0 Å². The zero-order chi connectivity index (χ0) is 14.3. The molecule has 0 bridgehead atoms. The van der Waals surface area contributed by atoms with Crippen LogP contribution in [0.25, 0.3) is 0 Å². The Bertz CT molecular complexity index is 558. The van der Waals surface area contributed by atoms with E-state index >= 15 is 0 Å². The topological polar surface area (TPSA) is 20.0 Å². The Balaban J connectivity index is 1.48. The van der Waals surface area contributed by atoms with E-state index in [1.807, 2.05) is 24.4 Å². The molecule has 0 radical (unpaired) electrons. The van der Waals surface area contributed by atoms with Crippen molar-refractivity contribution in [2.24, 2.45) is 5.10 Å². The van der Waals surface area contributed by atoms with Crippen molar-refractivity contribution < 1.29 is 4.90 Å². The van der Waals surface area contributed by atoms with Gasteiger partial charge in [0.15, 0.2) is 0 Å². The van der Waals surface area contributed by atoms with E-state index in [9.17, 15) is 0 Å². The zero-order valence-corrected chi connectivity index (χ0v) is 12.3. The Morgan fingerprint density at radius 2 is 1.52 bits per heavy atom. The molecular formula is C18H22N3+. The molecule has 0 atom stereocenters. The highest BCUT2D eigenvalue weighted by Gasteiger charge is 2.18. The lowest BCUT2D eigenvalue weighted by Crippen LogP contribution is -3.13. The second-order valence-electron chi connectivity index (χ2n) is 5.52. The summed E-state index contributed by atoms with van der Waals surface area (Å²) in [6, 6.07) is 21.0. The molecule has 0 amide bonds. The number of hydrogen-bond acceptors (Lipinski definition) is 2. The first-order chi connectivity index (χ1) is 10.4.